The van der Waals surface area contributed by atoms with Gasteiger partial charge in [0.15, 0.2) is 0 Å². The Bertz CT molecular complexity index is 1330. The van der Waals surface area contributed by atoms with Gasteiger partial charge in [0.2, 0.25) is 0 Å². The molecule has 2 heterocycles. The van der Waals surface area contributed by atoms with Gasteiger partial charge < -0.3 is 5.73 Å². The highest BCUT2D eigenvalue weighted by atomic mass is 16.1. The second kappa shape index (κ2) is 10.1. The highest BCUT2D eigenvalue weighted by Crippen LogP contribution is 2.26. The topological polar surface area (TPSA) is 80.0 Å². The maximum atomic E-state index is 13.7. The highest BCUT2D eigenvalue weighted by molar-refractivity contribution is 5.76. The number of nitrogens with one attached hydrogen (secondary N) is 1. The van der Waals surface area contributed by atoms with Crippen molar-refractivity contribution in [1.82, 2.24) is 14.3 Å². The van der Waals surface area contributed by atoms with Crippen molar-refractivity contribution < 1.29 is 4.98 Å². The summed E-state index contributed by atoms with van der Waals surface area (Å²) in [6.45, 7) is 6.61. The van der Waals surface area contributed by atoms with E-state index in [1.807, 2.05) is 60.5 Å². The molecule has 0 bridgehead atoms. The summed E-state index contributed by atoms with van der Waals surface area (Å²) in [6, 6.07) is 18.3. The van der Waals surface area contributed by atoms with Gasteiger partial charge in [0.1, 0.15) is 17.9 Å². The third kappa shape index (κ3) is 4.96. The molecule has 0 aliphatic heterocycles. The van der Waals surface area contributed by atoms with Gasteiger partial charge in [-0.05, 0) is 36.6 Å². The fraction of sp³-hybridized carbons (Fsp3) is 0.321. The minimum Gasteiger partial charge on any atom is -0.398 e. The molecule has 0 atom stereocenters. The Hall–Kier alpha value is -3.67. The normalized spacial score (nSPS) is 11.2. The summed E-state index contributed by atoms with van der Waals surface area (Å²) in [4.78, 5) is 17.2. The summed E-state index contributed by atoms with van der Waals surface area (Å²) in [6.07, 6.45) is 3.57. The lowest BCUT2D eigenvalue weighted by Gasteiger charge is -2.11. The van der Waals surface area contributed by atoms with Crippen molar-refractivity contribution in [1.29, 1.82) is 0 Å². The lowest BCUT2D eigenvalue weighted by molar-refractivity contribution is -0.409. The van der Waals surface area contributed by atoms with Crippen LogP contribution in [-0.2, 0) is 26.4 Å². The molecule has 2 aromatic carbocycles. The molecule has 4 rings (SSSR count). The zero-order chi connectivity index (χ0) is 24.2. The lowest BCUT2D eigenvalue weighted by atomic mass is 9.98. The van der Waals surface area contributed by atoms with E-state index in [1.165, 1.54) is 0 Å². The summed E-state index contributed by atoms with van der Waals surface area (Å²) < 4.78 is 3.66. The molecule has 0 unspecified atom stereocenters. The number of hydrogen-bond acceptors (Lipinski definition) is 3. The number of benzene rings is 2. The molecule has 0 aliphatic rings. The summed E-state index contributed by atoms with van der Waals surface area (Å²) in [5.74, 6) is 0.859. The molecule has 0 radical (unpaired) electrons. The average molecular weight is 457 g/mol. The smallest absolute Gasteiger partial charge is 0.341 e. The predicted octanol–water partition coefficient (Wildman–Crippen LogP) is 4.24. The first-order chi connectivity index (χ1) is 16.4. The molecule has 6 heteroatoms. The first kappa shape index (κ1) is 23.5. The molecule has 0 saturated heterocycles. The fourth-order valence-electron chi connectivity index (χ4n) is 4.39. The quantitative estimate of drug-likeness (QED) is 0.403. The summed E-state index contributed by atoms with van der Waals surface area (Å²) >= 11 is 0. The van der Waals surface area contributed by atoms with E-state index >= 15 is 0 Å². The molecule has 4 aromatic rings. The number of aromatic nitrogens is 4. The summed E-state index contributed by atoms with van der Waals surface area (Å²) in [7, 11) is 1.92. The number of aromatic amines is 1. The van der Waals surface area contributed by atoms with Gasteiger partial charge in [-0.15, -0.1) is 0 Å². The minimum atomic E-state index is 0.0574. The van der Waals surface area contributed by atoms with Crippen LogP contribution in [0.4, 0.5) is 5.69 Å². The van der Waals surface area contributed by atoms with Gasteiger partial charge in [-0.3, -0.25) is 4.68 Å². The number of rotatable bonds is 8. The Balaban J connectivity index is 1.69. The van der Waals surface area contributed by atoms with Crippen LogP contribution in [0.15, 0.2) is 59.4 Å². The number of nitrogens with zero attached hydrogens (tertiary/aromatic N) is 3. The van der Waals surface area contributed by atoms with Crippen molar-refractivity contribution >= 4 is 5.69 Å². The zero-order valence-electron chi connectivity index (χ0n) is 20.6. The molecule has 2 aromatic heterocycles. The molecule has 0 saturated carbocycles. The van der Waals surface area contributed by atoms with Gasteiger partial charge >= 0.3 is 5.56 Å². The van der Waals surface area contributed by atoms with Crippen LogP contribution in [0.1, 0.15) is 53.8 Å². The number of hydrogen-bond donors (Lipinski definition) is 1. The highest BCUT2D eigenvalue weighted by Gasteiger charge is 2.22. The second-order valence-electron chi connectivity index (χ2n) is 9.02. The molecule has 0 aliphatic carbocycles. The molecule has 176 valence electrons. The molecular formula is C28H34N5O+. The van der Waals surface area contributed by atoms with Gasteiger partial charge in [-0.25, -0.2) is 9.78 Å². The van der Waals surface area contributed by atoms with Crippen LogP contribution < -0.4 is 16.3 Å². The van der Waals surface area contributed by atoms with E-state index in [9.17, 15) is 4.79 Å². The van der Waals surface area contributed by atoms with E-state index in [0.717, 1.165) is 70.1 Å². The van der Waals surface area contributed by atoms with E-state index in [-0.39, 0.29) is 5.56 Å². The average Bonchev–Trinajstić information content (AvgIpc) is 3.15. The first-order valence-corrected chi connectivity index (χ1v) is 11.9. The maximum absolute atomic E-state index is 13.7. The Kier molecular flexibility index (Phi) is 6.96. The van der Waals surface area contributed by atoms with Crippen molar-refractivity contribution in [2.24, 2.45) is 7.05 Å². The van der Waals surface area contributed by atoms with Gasteiger partial charge in [0, 0.05) is 43.8 Å². The number of para-hydroxylation sites is 1. The van der Waals surface area contributed by atoms with Crippen LogP contribution in [0.5, 0.6) is 0 Å². The van der Waals surface area contributed by atoms with Crippen LogP contribution in [0.3, 0.4) is 0 Å². The third-order valence-corrected chi connectivity index (χ3v) is 6.48. The van der Waals surface area contributed by atoms with E-state index in [0.29, 0.717) is 13.0 Å². The number of anilines is 1. The molecule has 6 nitrogen and oxygen atoms in total. The predicted molar refractivity (Wildman–Crippen MR) is 137 cm³/mol. The van der Waals surface area contributed by atoms with Crippen molar-refractivity contribution in [2.75, 3.05) is 5.73 Å². The van der Waals surface area contributed by atoms with Crippen molar-refractivity contribution in [3.8, 4) is 11.1 Å². The van der Waals surface area contributed by atoms with Crippen LogP contribution in [0.25, 0.3) is 11.1 Å². The molecule has 0 amide bonds. The van der Waals surface area contributed by atoms with Crippen molar-refractivity contribution in [2.45, 2.75) is 53.0 Å². The Morgan fingerprint density at radius 2 is 1.79 bits per heavy atom. The Morgan fingerprint density at radius 3 is 2.44 bits per heavy atom. The van der Waals surface area contributed by atoms with E-state index < -0.39 is 0 Å². The first-order valence-electron chi connectivity index (χ1n) is 11.9. The second-order valence-corrected chi connectivity index (χ2v) is 9.02. The van der Waals surface area contributed by atoms with Gasteiger partial charge in [-0.1, -0.05) is 55.8 Å². The van der Waals surface area contributed by atoms with Gasteiger partial charge in [0.25, 0.3) is 5.82 Å². The number of aryl methyl sites for hydroxylation is 4. The molecule has 0 spiro atoms. The third-order valence-electron chi connectivity index (χ3n) is 6.48. The summed E-state index contributed by atoms with van der Waals surface area (Å²) in [5.41, 5.74) is 14.0. The molecule has 0 fully saturated rings. The standard InChI is InChI=1S/C28H33N5O/c1-5-6-11-27-25(17-21-12-14-22(15-13-21)24-9-7-8-10-26(24)29)28(34)33(20(3)30-27)18-23-16-19(2)32(4)31-23/h7-10,12-16H,5-6,11,17-18,29H2,1-4H3/p+1. The fourth-order valence-corrected chi connectivity index (χ4v) is 4.39. The van der Waals surface area contributed by atoms with Crippen molar-refractivity contribution in [3.05, 3.63) is 99.0 Å². The largest absolute Gasteiger partial charge is 0.398 e. The van der Waals surface area contributed by atoms with Crippen molar-refractivity contribution in [3.63, 3.8) is 0 Å². The van der Waals surface area contributed by atoms with Crippen LogP contribution in [0.2, 0.25) is 0 Å². The van der Waals surface area contributed by atoms with Gasteiger partial charge in [0.05, 0.1) is 5.56 Å². The number of H-pyrrole nitrogens is 1. The van der Waals surface area contributed by atoms with E-state index in [1.54, 1.807) is 0 Å². The maximum Gasteiger partial charge on any atom is 0.341 e. The molecule has 34 heavy (non-hydrogen) atoms. The van der Waals surface area contributed by atoms with Crippen LogP contribution in [-0.4, -0.2) is 14.3 Å². The summed E-state index contributed by atoms with van der Waals surface area (Å²) in [5, 5.41) is 4.55. The number of nitrogen functional groups attached to an aromatic ring is 1. The minimum absolute atomic E-state index is 0.0574. The Labute approximate surface area is 201 Å². The Morgan fingerprint density at radius 1 is 1.06 bits per heavy atom. The zero-order valence-corrected chi connectivity index (χ0v) is 20.6. The van der Waals surface area contributed by atoms with Crippen LogP contribution >= 0.6 is 0 Å². The molecular weight excluding hydrogens is 422 g/mol. The monoisotopic (exact) mass is 456 g/mol. The SMILES string of the molecule is CCCCc1[nH+]c(C)n(Cc2cc(C)n(C)n2)c(=O)c1Cc1ccc(-c2ccccc2N)cc1. The van der Waals surface area contributed by atoms with Gasteiger partial charge in [-0.2, -0.15) is 9.67 Å². The van der Waals surface area contributed by atoms with E-state index in [4.69, 9.17) is 5.73 Å². The lowest BCUT2D eigenvalue weighted by Crippen LogP contribution is -2.37. The number of nitrogens with two attached hydrogens (primary N) is 1. The van der Waals surface area contributed by atoms with Crippen LogP contribution in [0, 0.1) is 13.8 Å². The van der Waals surface area contributed by atoms with E-state index in [2.05, 4.69) is 41.3 Å². The number of unbranched alkanes of at least 4 members (excludes halogenated alkanes) is 1. The molecule has 3 N–H and O–H groups in total.